The second-order valence-corrected chi connectivity index (χ2v) is 4.77. The van der Waals surface area contributed by atoms with Gasteiger partial charge < -0.3 is 10.5 Å². The Kier molecular flexibility index (Phi) is 5.09. The highest BCUT2D eigenvalue weighted by Gasteiger charge is 2.19. The molecule has 0 fully saturated rings. The first-order valence-corrected chi connectivity index (χ1v) is 6.68. The SMILES string of the molecule is COc1ccccc1C(CN)N(C)Cc1cccnc1. The molecular formula is C16H21N3O. The minimum absolute atomic E-state index is 0.117. The van der Waals surface area contributed by atoms with Crippen molar-refractivity contribution < 1.29 is 4.74 Å². The average Bonchev–Trinajstić information content (AvgIpc) is 2.49. The molecule has 1 heterocycles. The third-order valence-electron chi connectivity index (χ3n) is 3.41. The molecule has 0 aliphatic heterocycles. The molecule has 4 nitrogen and oxygen atoms in total. The van der Waals surface area contributed by atoms with Crippen molar-refractivity contribution in [2.24, 2.45) is 5.73 Å². The van der Waals surface area contributed by atoms with Gasteiger partial charge in [0, 0.05) is 31.0 Å². The van der Waals surface area contributed by atoms with Crippen LogP contribution in [0.2, 0.25) is 0 Å². The van der Waals surface area contributed by atoms with Gasteiger partial charge >= 0.3 is 0 Å². The lowest BCUT2D eigenvalue weighted by atomic mass is 10.0. The maximum atomic E-state index is 5.97. The molecule has 0 saturated carbocycles. The average molecular weight is 271 g/mol. The highest BCUT2D eigenvalue weighted by molar-refractivity contribution is 5.36. The molecule has 2 rings (SSSR count). The summed E-state index contributed by atoms with van der Waals surface area (Å²) >= 11 is 0. The molecule has 0 aliphatic carbocycles. The van der Waals surface area contributed by atoms with Crippen LogP contribution in [0, 0.1) is 0 Å². The summed E-state index contributed by atoms with van der Waals surface area (Å²) in [5.41, 5.74) is 8.25. The van der Waals surface area contributed by atoms with Crippen LogP contribution in [0.4, 0.5) is 0 Å². The summed E-state index contributed by atoms with van der Waals surface area (Å²) in [7, 11) is 3.75. The summed E-state index contributed by atoms with van der Waals surface area (Å²) in [6.45, 7) is 1.34. The van der Waals surface area contributed by atoms with Gasteiger partial charge in [0.25, 0.3) is 0 Å². The highest BCUT2D eigenvalue weighted by Crippen LogP contribution is 2.28. The number of hydrogen-bond acceptors (Lipinski definition) is 4. The first-order chi connectivity index (χ1) is 9.76. The number of methoxy groups -OCH3 is 1. The molecule has 0 spiro atoms. The number of nitrogens with zero attached hydrogens (tertiary/aromatic N) is 2. The zero-order valence-corrected chi connectivity index (χ0v) is 12.0. The van der Waals surface area contributed by atoms with E-state index in [9.17, 15) is 0 Å². The largest absolute Gasteiger partial charge is 0.496 e. The van der Waals surface area contributed by atoms with Crippen LogP contribution in [0.3, 0.4) is 0 Å². The molecule has 0 radical (unpaired) electrons. The van der Waals surface area contributed by atoms with Crippen molar-refractivity contribution in [3.63, 3.8) is 0 Å². The van der Waals surface area contributed by atoms with Crippen LogP contribution in [0.5, 0.6) is 5.75 Å². The number of nitrogens with two attached hydrogens (primary N) is 1. The Morgan fingerprint density at radius 2 is 2.05 bits per heavy atom. The highest BCUT2D eigenvalue weighted by atomic mass is 16.5. The van der Waals surface area contributed by atoms with E-state index in [0.29, 0.717) is 6.54 Å². The second kappa shape index (κ2) is 7.03. The van der Waals surface area contributed by atoms with E-state index in [2.05, 4.69) is 29.1 Å². The topological polar surface area (TPSA) is 51.4 Å². The van der Waals surface area contributed by atoms with Gasteiger partial charge in [-0.3, -0.25) is 9.88 Å². The van der Waals surface area contributed by atoms with E-state index in [1.54, 1.807) is 13.3 Å². The minimum Gasteiger partial charge on any atom is -0.496 e. The Bertz CT molecular complexity index is 530. The van der Waals surface area contributed by atoms with Crippen LogP contribution in [-0.4, -0.2) is 30.6 Å². The second-order valence-electron chi connectivity index (χ2n) is 4.77. The lowest BCUT2D eigenvalue weighted by Gasteiger charge is -2.28. The zero-order chi connectivity index (χ0) is 14.4. The molecule has 2 N–H and O–H groups in total. The van der Waals surface area contributed by atoms with E-state index < -0.39 is 0 Å². The molecule has 0 aliphatic rings. The molecule has 0 bridgehead atoms. The number of ether oxygens (including phenoxy) is 1. The van der Waals surface area contributed by atoms with Crippen molar-refractivity contribution in [2.75, 3.05) is 20.7 Å². The predicted octanol–water partition coefficient (Wildman–Crippen LogP) is 2.22. The van der Waals surface area contributed by atoms with Gasteiger partial charge in [0.05, 0.1) is 13.2 Å². The van der Waals surface area contributed by atoms with Crippen molar-refractivity contribution in [1.82, 2.24) is 9.88 Å². The van der Waals surface area contributed by atoms with Crippen molar-refractivity contribution in [3.05, 3.63) is 59.9 Å². The summed E-state index contributed by atoms with van der Waals surface area (Å²) in [4.78, 5) is 6.36. The summed E-state index contributed by atoms with van der Waals surface area (Å²) in [5, 5.41) is 0. The number of likely N-dealkylation sites (N-methyl/N-ethyl adjacent to an activating group) is 1. The minimum atomic E-state index is 0.117. The molecule has 1 atom stereocenters. The van der Waals surface area contributed by atoms with Crippen LogP contribution in [0.1, 0.15) is 17.2 Å². The van der Waals surface area contributed by atoms with Gasteiger partial charge in [0.15, 0.2) is 0 Å². The van der Waals surface area contributed by atoms with Crippen LogP contribution >= 0.6 is 0 Å². The monoisotopic (exact) mass is 271 g/mol. The lowest BCUT2D eigenvalue weighted by molar-refractivity contribution is 0.236. The number of para-hydroxylation sites is 1. The van der Waals surface area contributed by atoms with E-state index >= 15 is 0 Å². The number of rotatable bonds is 6. The number of pyridine rings is 1. The van der Waals surface area contributed by atoms with E-state index in [0.717, 1.165) is 17.9 Å². The van der Waals surface area contributed by atoms with Crippen LogP contribution in [-0.2, 0) is 6.54 Å². The maximum absolute atomic E-state index is 5.97. The molecule has 2 aromatic rings. The Morgan fingerprint density at radius 3 is 2.70 bits per heavy atom. The van der Waals surface area contributed by atoms with Crippen molar-refractivity contribution in [1.29, 1.82) is 0 Å². The van der Waals surface area contributed by atoms with Gasteiger partial charge in [-0.2, -0.15) is 0 Å². The zero-order valence-electron chi connectivity index (χ0n) is 12.0. The summed E-state index contributed by atoms with van der Waals surface area (Å²) < 4.78 is 5.43. The van der Waals surface area contributed by atoms with Crippen LogP contribution in [0.25, 0.3) is 0 Å². The van der Waals surface area contributed by atoms with Gasteiger partial charge in [0.2, 0.25) is 0 Å². The van der Waals surface area contributed by atoms with E-state index in [1.807, 2.05) is 30.5 Å². The Labute approximate surface area is 120 Å². The molecule has 4 heteroatoms. The molecule has 0 amide bonds. The Hall–Kier alpha value is -1.91. The van der Waals surface area contributed by atoms with Gasteiger partial charge in [-0.25, -0.2) is 0 Å². The van der Waals surface area contributed by atoms with Crippen molar-refractivity contribution >= 4 is 0 Å². The fourth-order valence-corrected chi connectivity index (χ4v) is 2.38. The summed E-state index contributed by atoms with van der Waals surface area (Å²) in [6, 6.07) is 12.1. The van der Waals surface area contributed by atoms with Gasteiger partial charge in [-0.1, -0.05) is 24.3 Å². The van der Waals surface area contributed by atoms with Gasteiger partial charge in [-0.05, 0) is 24.7 Å². The first kappa shape index (κ1) is 14.5. The maximum Gasteiger partial charge on any atom is 0.123 e. The molecule has 106 valence electrons. The van der Waals surface area contributed by atoms with Gasteiger partial charge in [-0.15, -0.1) is 0 Å². The van der Waals surface area contributed by atoms with E-state index in [1.165, 1.54) is 5.56 Å². The third-order valence-corrected chi connectivity index (χ3v) is 3.41. The lowest BCUT2D eigenvalue weighted by Crippen LogP contribution is -2.30. The first-order valence-electron chi connectivity index (χ1n) is 6.68. The van der Waals surface area contributed by atoms with E-state index in [-0.39, 0.29) is 6.04 Å². The number of benzene rings is 1. The molecule has 1 unspecified atom stereocenters. The quantitative estimate of drug-likeness (QED) is 0.875. The molecule has 20 heavy (non-hydrogen) atoms. The van der Waals surface area contributed by atoms with Crippen LogP contribution in [0.15, 0.2) is 48.8 Å². The summed E-state index contributed by atoms with van der Waals surface area (Å²) in [6.07, 6.45) is 3.66. The predicted molar refractivity (Wildman–Crippen MR) is 80.5 cm³/mol. The molecule has 1 aromatic heterocycles. The molecule has 0 saturated heterocycles. The number of aromatic nitrogens is 1. The normalized spacial score (nSPS) is 12.4. The van der Waals surface area contributed by atoms with Crippen molar-refractivity contribution in [2.45, 2.75) is 12.6 Å². The number of hydrogen-bond donors (Lipinski definition) is 1. The Balaban J connectivity index is 2.19. The standard InChI is InChI=1S/C16H21N3O/c1-19(12-13-6-5-9-18-11-13)15(10-17)14-7-3-4-8-16(14)20-2/h3-9,11,15H,10,12,17H2,1-2H3. The molecule has 1 aromatic carbocycles. The van der Waals surface area contributed by atoms with Gasteiger partial charge in [0.1, 0.15) is 5.75 Å². The van der Waals surface area contributed by atoms with E-state index in [4.69, 9.17) is 10.5 Å². The van der Waals surface area contributed by atoms with Crippen molar-refractivity contribution in [3.8, 4) is 5.75 Å². The fourth-order valence-electron chi connectivity index (χ4n) is 2.38. The third kappa shape index (κ3) is 3.35. The fraction of sp³-hybridized carbons (Fsp3) is 0.312. The Morgan fingerprint density at radius 1 is 1.25 bits per heavy atom. The molecular weight excluding hydrogens is 250 g/mol. The summed E-state index contributed by atoms with van der Waals surface area (Å²) in [5.74, 6) is 0.876. The smallest absolute Gasteiger partial charge is 0.123 e. The van der Waals surface area contributed by atoms with Crippen LogP contribution < -0.4 is 10.5 Å².